The molecule has 0 aliphatic heterocycles. The summed E-state index contributed by atoms with van der Waals surface area (Å²) in [6.07, 6.45) is 0.487. The Balaban J connectivity index is 1.72. The van der Waals surface area contributed by atoms with Gasteiger partial charge in [-0.2, -0.15) is 0 Å². The second kappa shape index (κ2) is 5.87. The Kier molecular flexibility index (Phi) is 3.90. The van der Waals surface area contributed by atoms with Crippen LogP contribution in [-0.2, 0) is 4.79 Å². The van der Waals surface area contributed by atoms with Gasteiger partial charge in [0.15, 0.2) is 18.2 Å². The van der Waals surface area contributed by atoms with Gasteiger partial charge < -0.3 is 14.6 Å². The van der Waals surface area contributed by atoms with E-state index in [1.807, 2.05) is 19.9 Å². The lowest BCUT2D eigenvalue weighted by atomic mass is 9.97. The fourth-order valence-corrected chi connectivity index (χ4v) is 2.98. The third-order valence-corrected chi connectivity index (χ3v) is 3.94. The summed E-state index contributed by atoms with van der Waals surface area (Å²) >= 11 is 0. The number of hydrogen-bond donors (Lipinski definition) is 1. The SMILES string of the molecule is Cc1cc(NC(=O)COc2ccc(C)c3c2C(=O)CC3C)no1. The average molecular weight is 314 g/mol. The Morgan fingerprint density at radius 3 is 2.91 bits per heavy atom. The van der Waals surface area contributed by atoms with E-state index in [9.17, 15) is 9.59 Å². The number of carbonyl (C=O) groups is 2. The van der Waals surface area contributed by atoms with Crippen LogP contribution in [0.2, 0.25) is 0 Å². The van der Waals surface area contributed by atoms with E-state index in [4.69, 9.17) is 9.26 Å². The molecule has 0 radical (unpaired) electrons. The minimum absolute atomic E-state index is 0.0683. The molecular weight excluding hydrogens is 296 g/mol. The largest absolute Gasteiger partial charge is 0.483 e. The molecule has 3 rings (SSSR count). The summed E-state index contributed by atoms with van der Waals surface area (Å²) in [5.41, 5.74) is 2.72. The Morgan fingerprint density at radius 1 is 1.43 bits per heavy atom. The van der Waals surface area contributed by atoms with Gasteiger partial charge in [-0.1, -0.05) is 18.1 Å². The quantitative estimate of drug-likeness (QED) is 0.938. The molecule has 1 heterocycles. The van der Waals surface area contributed by atoms with Crippen LogP contribution in [0.1, 0.15) is 46.5 Å². The summed E-state index contributed by atoms with van der Waals surface area (Å²) < 4.78 is 10.4. The first-order valence-electron chi connectivity index (χ1n) is 7.48. The smallest absolute Gasteiger partial charge is 0.263 e. The van der Waals surface area contributed by atoms with Crippen molar-refractivity contribution in [1.82, 2.24) is 5.16 Å². The zero-order chi connectivity index (χ0) is 16.6. The molecule has 1 aromatic heterocycles. The van der Waals surface area contributed by atoms with E-state index < -0.39 is 0 Å². The van der Waals surface area contributed by atoms with Gasteiger partial charge in [0.1, 0.15) is 11.5 Å². The lowest BCUT2D eigenvalue weighted by molar-refractivity contribution is -0.118. The lowest BCUT2D eigenvalue weighted by Crippen LogP contribution is -2.21. The highest BCUT2D eigenvalue weighted by atomic mass is 16.5. The molecule has 6 heteroatoms. The van der Waals surface area contributed by atoms with Crippen LogP contribution in [0.25, 0.3) is 0 Å². The fraction of sp³-hybridized carbons (Fsp3) is 0.353. The van der Waals surface area contributed by atoms with Crippen molar-refractivity contribution in [3.05, 3.63) is 40.6 Å². The molecule has 120 valence electrons. The van der Waals surface area contributed by atoms with Gasteiger partial charge in [-0.25, -0.2) is 0 Å². The fourth-order valence-electron chi connectivity index (χ4n) is 2.98. The van der Waals surface area contributed by atoms with Gasteiger partial charge in [-0.05, 0) is 37.0 Å². The van der Waals surface area contributed by atoms with Crippen molar-refractivity contribution in [3.63, 3.8) is 0 Å². The van der Waals surface area contributed by atoms with Crippen LogP contribution in [0.15, 0.2) is 22.7 Å². The standard InChI is InChI=1S/C17H18N2O4/c1-9-4-5-13(17-12(20)6-10(2)16(9)17)22-8-15(21)18-14-7-11(3)23-19-14/h4-5,7,10H,6,8H2,1-3H3,(H,18,19,21). The average Bonchev–Trinajstić information content (AvgIpc) is 3.02. The van der Waals surface area contributed by atoms with E-state index >= 15 is 0 Å². The van der Waals surface area contributed by atoms with E-state index in [2.05, 4.69) is 10.5 Å². The van der Waals surface area contributed by atoms with Crippen molar-refractivity contribution < 1.29 is 18.8 Å². The maximum Gasteiger partial charge on any atom is 0.263 e. The van der Waals surface area contributed by atoms with Crippen molar-refractivity contribution in [3.8, 4) is 5.75 Å². The van der Waals surface area contributed by atoms with E-state index in [0.29, 0.717) is 29.3 Å². The second-order valence-corrected chi connectivity index (χ2v) is 5.86. The highest BCUT2D eigenvalue weighted by Gasteiger charge is 2.31. The number of aromatic nitrogens is 1. The number of rotatable bonds is 4. The first-order valence-corrected chi connectivity index (χ1v) is 7.48. The van der Waals surface area contributed by atoms with Crippen LogP contribution < -0.4 is 10.1 Å². The van der Waals surface area contributed by atoms with Gasteiger partial charge in [-0.15, -0.1) is 0 Å². The number of aryl methyl sites for hydroxylation is 2. The summed E-state index contributed by atoms with van der Waals surface area (Å²) in [5.74, 6) is 1.32. The van der Waals surface area contributed by atoms with E-state index in [-0.39, 0.29) is 24.2 Å². The van der Waals surface area contributed by atoms with Gasteiger partial charge in [0.05, 0.1) is 5.56 Å². The number of ether oxygens (including phenoxy) is 1. The number of anilines is 1. The topological polar surface area (TPSA) is 81.4 Å². The summed E-state index contributed by atoms with van der Waals surface area (Å²) in [7, 11) is 0. The highest BCUT2D eigenvalue weighted by Crippen LogP contribution is 2.40. The van der Waals surface area contributed by atoms with E-state index in [1.54, 1.807) is 19.1 Å². The molecule has 1 aliphatic rings. The molecule has 1 aliphatic carbocycles. The van der Waals surface area contributed by atoms with Gasteiger partial charge in [0, 0.05) is 12.5 Å². The number of hydrogen-bond acceptors (Lipinski definition) is 5. The van der Waals surface area contributed by atoms with Crippen LogP contribution in [0.3, 0.4) is 0 Å². The summed E-state index contributed by atoms with van der Waals surface area (Å²) in [6.45, 7) is 5.56. The van der Waals surface area contributed by atoms with Crippen LogP contribution in [0.5, 0.6) is 5.75 Å². The zero-order valence-corrected chi connectivity index (χ0v) is 13.3. The molecule has 1 amide bonds. The van der Waals surface area contributed by atoms with Crippen molar-refractivity contribution in [2.24, 2.45) is 0 Å². The number of Topliss-reactive ketones (excluding diaryl/α,β-unsaturated/α-hetero) is 1. The maximum absolute atomic E-state index is 12.2. The lowest BCUT2D eigenvalue weighted by Gasteiger charge is -2.13. The minimum Gasteiger partial charge on any atom is -0.483 e. The Hall–Kier alpha value is -2.63. The predicted octanol–water partition coefficient (Wildman–Crippen LogP) is 3.00. The molecule has 1 unspecified atom stereocenters. The van der Waals surface area contributed by atoms with Gasteiger partial charge >= 0.3 is 0 Å². The minimum atomic E-state index is -0.355. The Morgan fingerprint density at radius 2 is 2.22 bits per heavy atom. The first kappa shape index (κ1) is 15.3. The predicted molar refractivity (Wildman–Crippen MR) is 83.9 cm³/mol. The molecule has 0 saturated carbocycles. The number of carbonyl (C=O) groups excluding carboxylic acids is 2. The third kappa shape index (κ3) is 2.97. The molecule has 0 spiro atoms. The Bertz CT molecular complexity index is 779. The van der Waals surface area contributed by atoms with Gasteiger partial charge in [0.2, 0.25) is 0 Å². The van der Waals surface area contributed by atoms with E-state index in [0.717, 1.165) is 11.1 Å². The maximum atomic E-state index is 12.2. The molecule has 0 fully saturated rings. The van der Waals surface area contributed by atoms with Crippen molar-refractivity contribution in [2.45, 2.75) is 33.1 Å². The highest BCUT2D eigenvalue weighted by molar-refractivity contribution is 6.04. The van der Waals surface area contributed by atoms with Crippen LogP contribution in [-0.4, -0.2) is 23.5 Å². The molecule has 23 heavy (non-hydrogen) atoms. The van der Waals surface area contributed by atoms with Crippen LogP contribution >= 0.6 is 0 Å². The van der Waals surface area contributed by atoms with Crippen molar-refractivity contribution >= 4 is 17.5 Å². The number of ketones is 1. The number of nitrogens with zero attached hydrogens (tertiary/aromatic N) is 1. The molecule has 1 N–H and O–H groups in total. The molecule has 0 saturated heterocycles. The molecule has 6 nitrogen and oxygen atoms in total. The van der Waals surface area contributed by atoms with Crippen LogP contribution in [0, 0.1) is 13.8 Å². The normalized spacial score (nSPS) is 16.3. The molecule has 1 atom stereocenters. The van der Waals surface area contributed by atoms with Gasteiger partial charge in [0.25, 0.3) is 5.91 Å². The van der Waals surface area contributed by atoms with Crippen molar-refractivity contribution in [1.29, 1.82) is 0 Å². The second-order valence-electron chi connectivity index (χ2n) is 5.86. The van der Waals surface area contributed by atoms with Crippen LogP contribution in [0.4, 0.5) is 5.82 Å². The summed E-state index contributed by atoms with van der Waals surface area (Å²) in [4.78, 5) is 24.1. The molecule has 2 aromatic rings. The Labute approximate surface area is 133 Å². The molecule has 0 bridgehead atoms. The monoisotopic (exact) mass is 314 g/mol. The first-order chi connectivity index (χ1) is 11.0. The molecule has 1 aromatic carbocycles. The number of nitrogens with one attached hydrogen (secondary N) is 1. The third-order valence-electron chi connectivity index (χ3n) is 3.94. The van der Waals surface area contributed by atoms with Gasteiger partial charge in [-0.3, -0.25) is 9.59 Å². The summed E-state index contributed by atoms with van der Waals surface area (Å²) in [6, 6.07) is 5.28. The number of benzene rings is 1. The van der Waals surface area contributed by atoms with Crippen molar-refractivity contribution in [2.75, 3.05) is 11.9 Å². The number of amides is 1. The van der Waals surface area contributed by atoms with E-state index in [1.165, 1.54) is 0 Å². The zero-order valence-electron chi connectivity index (χ0n) is 13.3. The summed E-state index contributed by atoms with van der Waals surface area (Å²) in [5, 5.41) is 6.26. The molecular formula is C17H18N2O4. The number of fused-ring (bicyclic) bond motifs is 1.